The van der Waals surface area contributed by atoms with Gasteiger partial charge < -0.3 is 4.90 Å². The Bertz CT molecular complexity index is 2900. The van der Waals surface area contributed by atoms with E-state index in [9.17, 15) is 0 Å². The molecule has 316 valence electrons. The highest BCUT2D eigenvalue weighted by molar-refractivity contribution is 5.87. The van der Waals surface area contributed by atoms with E-state index in [-0.39, 0.29) is 5.41 Å². The molecule has 1 heteroatoms. The van der Waals surface area contributed by atoms with Gasteiger partial charge in [0.05, 0.1) is 5.41 Å². The number of fused-ring (bicyclic) bond motifs is 7. The summed E-state index contributed by atoms with van der Waals surface area (Å²) in [5.41, 5.74) is 19.3. The van der Waals surface area contributed by atoms with Crippen LogP contribution >= 0.6 is 0 Å². The van der Waals surface area contributed by atoms with Crippen LogP contribution in [0.5, 0.6) is 0 Å². The molecule has 4 aliphatic rings. The molecule has 0 radical (unpaired) electrons. The number of hydrogen-bond donors (Lipinski definition) is 0. The largest absolute Gasteiger partial charge is 0.310 e. The molecule has 1 fully saturated rings. The maximum absolute atomic E-state index is 2.64. The number of nitrogens with zero attached hydrogens (tertiary/aromatic N) is 1. The normalized spacial score (nSPS) is 20.2. The molecule has 1 unspecified atom stereocenters. The third-order valence-electron chi connectivity index (χ3n) is 15.6. The van der Waals surface area contributed by atoms with Crippen LogP contribution in [0.1, 0.15) is 116 Å². The number of anilines is 3. The average molecular weight is 830 g/mol. The third-order valence-corrected chi connectivity index (χ3v) is 15.6. The van der Waals surface area contributed by atoms with Crippen molar-refractivity contribution in [3.63, 3.8) is 0 Å². The van der Waals surface area contributed by atoms with E-state index in [1.807, 2.05) is 0 Å². The molecule has 1 saturated carbocycles. The smallest absolute Gasteiger partial charge is 0.0707 e. The molecule has 12 rings (SSSR count). The van der Waals surface area contributed by atoms with Crippen LogP contribution in [0.15, 0.2) is 200 Å². The topological polar surface area (TPSA) is 3.24 Å². The second kappa shape index (κ2) is 16.3. The Morgan fingerprint density at radius 1 is 0.438 bits per heavy atom. The first-order valence-corrected chi connectivity index (χ1v) is 23.9. The van der Waals surface area contributed by atoms with Crippen molar-refractivity contribution in [2.45, 2.75) is 82.5 Å². The number of benzene rings is 8. The Labute approximate surface area is 381 Å². The highest BCUT2D eigenvalue weighted by Gasteiger charge is 2.45. The van der Waals surface area contributed by atoms with E-state index < -0.39 is 5.41 Å². The van der Waals surface area contributed by atoms with Crippen molar-refractivity contribution in [1.29, 1.82) is 0 Å². The minimum Gasteiger partial charge on any atom is -0.310 e. The standard InChI is InChI=1S/C63H59N/c1-5-44-38-47-36-43(2)37-48(39-44)57-41-52(33-35-60(57)63(49-23-11-7-12-24-49,50-25-13-8-14-26-50)59-31-18-15-28-54(47)59)64(51-27-19-22-46(40-51)45-20-9-6-10-21-45)53-32-34-56-55-29-16-17-30-58(55)62(3,4)61(56)42-53/h6-35,40-44,47-48H,5,36-39H2,1-4H3/t43-,44+,47-,48?/m1/s1. The summed E-state index contributed by atoms with van der Waals surface area (Å²) in [7, 11) is 0. The summed E-state index contributed by atoms with van der Waals surface area (Å²) < 4.78 is 0. The van der Waals surface area contributed by atoms with Crippen LogP contribution in [-0.2, 0) is 10.8 Å². The van der Waals surface area contributed by atoms with Crippen LogP contribution < -0.4 is 4.90 Å². The molecule has 0 N–H and O–H groups in total. The minimum atomic E-state index is -0.523. The molecule has 0 aromatic heterocycles. The van der Waals surface area contributed by atoms with E-state index >= 15 is 0 Å². The van der Waals surface area contributed by atoms with E-state index in [0.717, 1.165) is 5.69 Å². The van der Waals surface area contributed by atoms with Crippen molar-refractivity contribution < 1.29 is 0 Å². The van der Waals surface area contributed by atoms with Gasteiger partial charge in [0.2, 0.25) is 0 Å². The molecule has 64 heavy (non-hydrogen) atoms. The summed E-state index contributed by atoms with van der Waals surface area (Å²) in [6.07, 6.45) is 6.02. The number of rotatable bonds is 7. The van der Waals surface area contributed by atoms with Gasteiger partial charge in [-0.1, -0.05) is 198 Å². The zero-order valence-electron chi connectivity index (χ0n) is 37.8. The van der Waals surface area contributed by atoms with Crippen molar-refractivity contribution in [3.8, 4) is 22.3 Å². The third kappa shape index (κ3) is 6.66. The van der Waals surface area contributed by atoms with Crippen LogP contribution in [0.4, 0.5) is 17.1 Å². The van der Waals surface area contributed by atoms with Crippen LogP contribution in [-0.4, -0.2) is 0 Å². The fourth-order valence-corrected chi connectivity index (χ4v) is 12.6. The van der Waals surface area contributed by atoms with Crippen LogP contribution in [0.25, 0.3) is 22.3 Å². The Morgan fingerprint density at radius 2 is 0.969 bits per heavy atom. The quantitative estimate of drug-likeness (QED) is 0.155. The molecule has 0 spiro atoms. The molecular formula is C63H59N. The maximum atomic E-state index is 2.64. The molecule has 0 heterocycles. The molecule has 2 bridgehead atoms. The van der Waals surface area contributed by atoms with Crippen molar-refractivity contribution >= 4 is 17.1 Å². The van der Waals surface area contributed by atoms with Gasteiger partial charge in [-0.05, 0) is 153 Å². The first kappa shape index (κ1) is 40.3. The van der Waals surface area contributed by atoms with Gasteiger partial charge >= 0.3 is 0 Å². The lowest BCUT2D eigenvalue weighted by molar-refractivity contribution is 0.267. The fourth-order valence-electron chi connectivity index (χ4n) is 12.6. The summed E-state index contributed by atoms with van der Waals surface area (Å²) >= 11 is 0. The van der Waals surface area contributed by atoms with Crippen LogP contribution in [0.2, 0.25) is 0 Å². The SMILES string of the molecule is CC[C@@H]1CC2C[C@H](C)C[C@H](C1)c1ccccc1C(c1ccccc1)(c1ccccc1)c1ccc(N(c3cccc(-c4ccccc4)c3)c3ccc4c(c3)C(C)(C)c3ccccc3-4)cc12. The van der Waals surface area contributed by atoms with Crippen molar-refractivity contribution in [1.82, 2.24) is 0 Å². The lowest BCUT2D eigenvalue weighted by atomic mass is 9.58. The zero-order valence-corrected chi connectivity index (χ0v) is 37.8. The van der Waals surface area contributed by atoms with Crippen LogP contribution in [0, 0.1) is 11.8 Å². The van der Waals surface area contributed by atoms with Gasteiger partial charge in [-0.15, -0.1) is 0 Å². The van der Waals surface area contributed by atoms with Crippen LogP contribution in [0.3, 0.4) is 0 Å². The van der Waals surface area contributed by atoms with Gasteiger partial charge in [0, 0.05) is 22.5 Å². The highest BCUT2D eigenvalue weighted by atomic mass is 15.1. The number of hydrogen-bond acceptors (Lipinski definition) is 1. The molecule has 4 atom stereocenters. The molecule has 8 aromatic rings. The second-order valence-electron chi connectivity index (χ2n) is 19.7. The molecular weight excluding hydrogens is 771 g/mol. The Balaban J connectivity index is 1.21. The van der Waals surface area contributed by atoms with Gasteiger partial charge in [0.25, 0.3) is 0 Å². The molecule has 4 aliphatic carbocycles. The fraction of sp³-hybridized carbons (Fsp3) is 0.238. The molecule has 0 saturated heterocycles. The van der Waals surface area contributed by atoms with Gasteiger partial charge in [-0.3, -0.25) is 0 Å². The molecule has 0 aliphatic heterocycles. The van der Waals surface area contributed by atoms with Crippen molar-refractivity contribution in [2.24, 2.45) is 11.8 Å². The van der Waals surface area contributed by atoms with E-state index in [1.54, 1.807) is 0 Å². The van der Waals surface area contributed by atoms with Gasteiger partial charge in [-0.2, -0.15) is 0 Å². The summed E-state index contributed by atoms with van der Waals surface area (Å²) in [5, 5.41) is 0. The summed E-state index contributed by atoms with van der Waals surface area (Å²) in [5.74, 6) is 2.15. The van der Waals surface area contributed by atoms with E-state index in [0.29, 0.717) is 23.7 Å². The lowest BCUT2D eigenvalue weighted by Gasteiger charge is -2.45. The van der Waals surface area contributed by atoms with Crippen molar-refractivity contribution in [3.05, 3.63) is 245 Å². The minimum absolute atomic E-state index is 0.122. The predicted octanol–water partition coefficient (Wildman–Crippen LogP) is 16.9. The molecule has 1 nitrogen and oxygen atoms in total. The van der Waals surface area contributed by atoms with Gasteiger partial charge in [-0.25, -0.2) is 0 Å². The summed E-state index contributed by atoms with van der Waals surface area (Å²) in [4.78, 5) is 2.56. The lowest BCUT2D eigenvalue weighted by Crippen LogP contribution is -2.36. The van der Waals surface area contributed by atoms with Gasteiger partial charge in [0.15, 0.2) is 0 Å². The van der Waals surface area contributed by atoms with E-state index in [1.165, 1.54) is 110 Å². The Hall–Kier alpha value is -6.44. The monoisotopic (exact) mass is 829 g/mol. The van der Waals surface area contributed by atoms with E-state index in [4.69, 9.17) is 0 Å². The summed E-state index contributed by atoms with van der Waals surface area (Å²) in [6.45, 7) is 9.77. The van der Waals surface area contributed by atoms with Crippen molar-refractivity contribution in [2.75, 3.05) is 4.90 Å². The highest BCUT2D eigenvalue weighted by Crippen LogP contribution is 2.56. The Kier molecular flexibility index (Phi) is 10.3. The zero-order chi connectivity index (χ0) is 43.4. The first-order chi connectivity index (χ1) is 31.3. The van der Waals surface area contributed by atoms with Gasteiger partial charge in [0.1, 0.15) is 0 Å². The predicted molar refractivity (Wildman–Crippen MR) is 269 cm³/mol. The maximum Gasteiger partial charge on any atom is 0.0707 e. The summed E-state index contributed by atoms with van der Waals surface area (Å²) in [6, 6.07) is 76.5. The average Bonchev–Trinajstić information content (AvgIpc) is 3.57. The first-order valence-electron chi connectivity index (χ1n) is 23.9. The second-order valence-corrected chi connectivity index (χ2v) is 19.7. The molecule has 0 amide bonds. The Morgan fingerprint density at radius 3 is 1.67 bits per heavy atom. The van der Waals surface area contributed by atoms with E-state index in [2.05, 4.69) is 233 Å². The molecule has 8 aromatic carbocycles.